The molecule has 0 aromatic heterocycles. The number of benzene rings is 2. The van der Waals surface area contributed by atoms with E-state index >= 15 is 0 Å². The van der Waals surface area contributed by atoms with Crippen molar-refractivity contribution in [2.75, 3.05) is 41.6 Å². The van der Waals surface area contributed by atoms with E-state index in [9.17, 15) is 10.4 Å². The Bertz CT molecular complexity index is 1160. The summed E-state index contributed by atoms with van der Waals surface area (Å²) in [5, 5.41) is 21.1. The Hall–Kier alpha value is -2.99. The third-order valence-electron chi connectivity index (χ3n) is 8.07. The molecule has 2 bridgehead atoms. The second-order valence-electron chi connectivity index (χ2n) is 9.35. The van der Waals surface area contributed by atoms with Crippen LogP contribution in [0.25, 0.3) is 0 Å². The van der Waals surface area contributed by atoms with Gasteiger partial charge in [-0.05, 0) is 65.9 Å². The van der Waals surface area contributed by atoms with E-state index in [0.717, 1.165) is 30.5 Å². The van der Waals surface area contributed by atoms with Gasteiger partial charge in [0.2, 0.25) is 0 Å². The second kappa shape index (κ2) is 9.23. The normalized spacial score (nSPS) is 27.2. The van der Waals surface area contributed by atoms with Crippen molar-refractivity contribution in [3.63, 3.8) is 0 Å². The van der Waals surface area contributed by atoms with Crippen LogP contribution in [0, 0.1) is 11.3 Å². The summed E-state index contributed by atoms with van der Waals surface area (Å²) in [6.07, 6.45) is 1.46. The Morgan fingerprint density at radius 2 is 1.37 bits per heavy atom. The monoisotopic (exact) mass is 479 g/mol. The molecular weight excluding hydrogens is 446 g/mol. The molecule has 1 fully saturated rings. The van der Waals surface area contributed by atoms with Crippen LogP contribution in [0.2, 0.25) is 0 Å². The maximum Gasteiger partial charge on any atom is 0.161 e. The number of aliphatic hydroxyl groups is 1. The van der Waals surface area contributed by atoms with Gasteiger partial charge < -0.3 is 24.1 Å². The van der Waals surface area contributed by atoms with Crippen LogP contribution in [0.15, 0.2) is 24.3 Å². The Balaban J connectivity index is 1.71. The SMILES string of the molecule is CCN1[C@@H]2c3cc(OC)c(OC)cc3C[C@H]1[C@H](C#N)N1[C@@H](CO)c3cc(OC)c(OC)cc3C[C@@H]21. The molecule has 1 N–H and O–H groups in total. The quantitative estimate of drug-likeness (QED) is 0.677. The lowest BCUT2D eigenvalue weighted by atomic mass is 9.72. The van der Waals surface area contributed by atoms with Crippen LogP contribution < -0.4 is 18.9 Å². The molecule has 0 aliphatic carbocycles. The lowest BCUT2D eigenvalue weighted by molar-refractivity contribution is -0.0899. The van der Waals surface area contributed by atoms with Gasteiger partial charge in [-0.15, -0.1) is 0 Å². The maximum absolute atomic E-state index is 10.6. The van der Waals surface area contributed by atoms with Crippen molar-refractivity contribution in [2.24, 2.45) is 0 Å². The fraction of sp³-hybridized carbons (Fsp3) is 0.519. The lowest BCUT2D eigenvalue weighted by Crippen LogP contribution is -2.69. The summed E-state index contributed by atoms with van der Waals surface area (Å²) in [5.41, 5.74) is 4.51. The number of hydrogen-bond acceptors (Lipinski definition) is 8. The van der Waals surface area contributed by atoms with E-state index in [-0.39, 0.29) is 36.8 Å². The topological polar surface area (TPSA) is 87.4 Å². The third-order valence-corrected chi connectivity index (χ3v) is 8.07. The molecule has 0 radical (unpaired) electrons. The fourth-order valence-corrected chi connectivity index (χ4v) is 6.63. The molecule has 5 atom stereocenters. The number of fused-ring (bicyclic) bond motifs is 7. The van der Waals surface area contributed by atoms with E-state index in [1.165, 1.54) is 11.1 Å². The first-order chi connectivity index (χ1) is 17.0. The zero-order chi connectivity index (χ0) is 24.9. The Labute approximate surface area is 206 Å². The van der Waals surface area contributed by atoms with Gasteiger partial charge in [-0.2, -0.15) is 5.26 Å². The number of methoxy groups -OCH3 is 4. The van der Waals surface area contributed by atoms with E-state index in [2.05, 4.69) is 34.9 Å². The second-order valence-corrected chi connectivity index (χ2v) is 9.35. The molecule has 2 aromatic carbocycles. The largest absolute Gasteiger partial charge is 0.493 e. The predicted molar refractivity (Wildman–Crippen MR) is 130 cm³/mol. The molecule has 2 aromatic rings. The van der Waals surface area contributed by atoms with Gasteiger partial charge in [-0.25, -0.2) is 0 Å². The molecule has 0 amide bonds. The summed E-state index contributed by atoms with van der Waals surface area (Å²) in [7, 11) is 6.56. The minimum absolute atomic E-state index is 0.00393. The summed E-state index contributed by atoms with van der Waals surface area (Å²) < 4.78 is 22.4. The van der Waals surface area contributed by atoms with Crippen LogP contribution in [0.3, 0.4) is 0 Å². The average Bonchev–Trinajstić information content (AvgIpc) is 2.90. The van der Waals surface area contributed by atoms with Crippen LogP contribution in [-0.4, -0.2) is 74.6 Å². The van der Waals surface area contributed by atoms with E-state index in [0.29, 0.717) is 23.0 Å². The molecular formula is C27H33N3O5. The molecule has 0 unspecified atom stereocenters. The first-order valence-corrected chi connectivity index (χ1v) is 12.1. The van der Waals surface area contributed by atoms with Gasteiger partial charge in [0.15, 0.2) is 23.0 Å². The number of ether oxygens (including phenoxy) is 4. The Morgan fingerprint density at radius 3 is 1.89 bits per heavy atom. The molecule has 0 saturated carbocycles. The number of piperazine rings is 1. The highest BCUT2D eigenvalue weighted by Crippen LogP contribution is 2.52. The van der Waals surface area contributed by atoms with Crippen LogP contribution in [0.1, 0.15) is 41.3 Å². The molecule has 35 heavy (non-hydrogen) atoms. The molecule has 0 spiro atoms. The summed E-state index contributed by atoms with van der Waals surface area (Å²) in [4.78, 5) is 4.72. The highest BCUT2D eigenvalue weighted by molar-refractivity contribution is 5.54. The van der Waals surface area contributed by atoms with Crippen LogP contribution in [0.5, 0.6) is 23.0 Å². The molecule has 8 nitrogen and oxygen atoms in total. The Kier molecular flexibility index (Phi) is 6.26. The van der Waals surface area contributed by atoms with Crippen LogP contribution >= 0.6 is 0 Å². The van der Waals surface area contributed by atoms with Gasteiger partial charge in [0.05, 0.1) is 53.2 Å². The zero-order valence-electron chi connectivity index (χ0n) is 20.9. The number of aliphatic hydroxyl groups excluding tert-OH is 1. The minimum Gasteiger partial charge on any atom is -0.493 e. The molecule has 3 aliphatic rings. The number of hydrogen-bond donors (Lipinski definition) is 1. The van der Waals surface area contributed by atoms with Gasteiger partial charge >= 0.3 is 0 Å². The van der Waals surface area contributed by atoms with Crippen molar-refractivity contribution in [3.8, 4) is 29.1 Å². The lowest BCUT2D eigenvalue weighted by Gasteiger charge is -2.60. The van der Waals surface area contributed by atoms with E-state index in [1.807, 2.05) is 12.1 Å². The zero-order valence-corrected chi connectivity index (χ0v) is 20.9. The molecule has 1 saturated heterocycles. The molecule has 3 heterocycles. The molecule has 5 rings (SSSR count). The summed E-state index contributed by atoms with van der Waals surface area (Å²) in [5.74, 6) is 2.71. The van der Waals surface area contributed by atoms with Gasteiger partial charge in [0, 0.05) is 12.1 Å². The van der Waals surface area contributed by atoms with Crippen molar-refractivity contribution >= 4 is 0 Å². The smallest absolute Gasteiger partial charge is 0.161 e. The van der Waals surface area contributed by atoms with Crippen LogP contribution in [0.4, 0.5) is 0 Å². The number of rotatable bonds is 6. The fourth-order valence-electron chi connectivity index (χ4n) is 6.63. The molecule has 3 aliphatic heterocycles. The highest BCUT2D eigenvalue weighted by atomic mass is 16.5. The predicted octanol–water partition coefficient (Wildman–Crippen LogP) is 2.87. The summed E-state index contributed by atoms with van der Waals surface area (Å²) >= 11 is 0. The van der Waals surface area contributed by atoms with Crippen molar-refractivity contribution < 1.29 is 24.1 Å². The van der Waals surface area contributed by atoms with Gasteiger partial charge in [-0.3, -0.25) is 9.80 Å². The van der Waals surface area contributed by atoms with Gasteiger partial charge in [0.25, 0.3) is 0 Å². The minimum atomic E-state index is -0.365. The van der Waals surface area contributed by atoms with Gasteiger partial charge in [-0.1, -0.05) is 6.92 Å². The van der Waals surface area contributed by atoms with Gasteiger partial charge in [0.1, 0.15) is 6.04 Å². The van der Waals surface area contributed by atoms with Crippen molar-refractivity contribution in [3.05, 3.63) is 46.5 Å². The van der Waals surface area contributed by atoms with E-state index < -0.39 is 0 Å². The van der Waals surface area contributed by atoms with Crippen LogP contribution in [-0.2, 0) is 12.8 Å². The summed E-state index contributed by atoms with van der Waals surface area (Å²) in [6, 6.07) is 10.1. The molecule has 186 valence electrons. The standard InChI is InChI=1S/C27H33N3O5/c1-6-29-19-7-16-10-24(33-3)26(35-5)12-18(16)27(29)20-8-15-9-23(32-2)25(34-4)11-17(15)22(14-31)30(20)21(19)13-28/h9-12,19-22,27,31H,6-8,14H2,1-5H3/t19-,20-,21-,22-,27+/m0/s1. The van der Waals surface area contributed by atoms with Crippen molar-refractivity contribution in [2.45, 2.75) is 50.0 Å². The highest BCUT2D eigenvalue weighted by Gasteiger charge is 2.55. The first-order valence-electron chi connectivity index (χ1n) is 12.1. The third kappa shape index (κ3) is 3.45. The number of likely N-dealkylation sites (N-methyl/N-ethyl adjacent to an activating group) is 1. The number of nitrogens with zero attached hydrogens (tertiary/aromatic N) is 3. The van der Waals surface area contributed by atoms with E-state index in [1.54, 1.807) is 28.4 Å². The summed E-state index contributed by atoms with van der Waals surface area (Å²) in [6.45, 7) is 2.90. The first kappa shape index (κ1) is 23.7. The Morgan fingerprint density at radius 1 is 0.857 bits per heavy atom. The average molecular weight is 480 g/mol. The molecule has 8 heteroatoms. The van der Waals surface area contributed by atoms with E-state index in [4.69, 9.17) is 18.9 Å². The van der Waals surface area contributed by atoms with Crippen molar-refractivity contribution in [1.29, 1.82) is 5.26 Å². The van der Waals surface area contributed by atoms with Crippen molar-refractivity contribution in [1.82, 2.24) is 9.80 Å². The number of nitriles is 1. The maximum atomic E-state index is 10.6.